The molecule has 2 aromatic carbocycles. The fourth-order valence-corrected chi connectivity index (χ4v) is 1.87. The summed E-state index contributed by atoms with van der Waals surface area (Å²) in [6.07, 6.45) is 0.804. The average molecular weight is 302 g/mol. The van der Waals surface area contributed by atoms with Gasteiger partial charge in [0, 0.05) is 0 Å². The van der Waals surface area contributed by atoms with Gasteiger partial charge >= 0.3 is 6.18 Å². The molecule has 22 heavy (non-hydrogen) atoms. The third kappa shape index (κ3) is 4.45. The molecule has 0 saturated carbocycles. The number of benzene rings is 2. The first-order valence-corrected chi connectivity index (χ1v) is 6.58. The molecule has 0 unspecified atom stereocenters. The highest BCUT2D eigenvalue weighted by Crippen LogP contribution is 2.32. The van der Waals surface area contributed by atoms with E-state index in [4.69, 9.17) is 0 Å². The number of hydrogen-bond acceptors (Lipinski definition) is 1. The fraction of sp³-hybridized carbons (Fsp3) is 0.0556. The maximum atomic E-state index is 12.8. The predicted octanol–water partition coefficient (Wildman–Crippen LogP) is 5.00. The molecule has 0 aromatic heterocycles. The largest absolute Gasteiger partial charge is 0.416 e. The summed E-state index contributed by atoms with van der Waals surface area (Å²) in [4.78, 5) is 11.7. The summed E-state index contributed by atoms with van der Waals surface area (Å²) in [5, 5.41) is 0. The van der Waals surface area contributed by atoms with Gasteiger partial charge in [0.1, 0.15) is 0 Å². The standard InChI is InChI=1S/C18H13F3O/c19-18(20,21)17-9-5-4-8-15(17)11-13-16(22)12-10-14-6-2-1-3-7-14/h1-13H/b12-10+,13-11+. The second-order valence-corrected chi connectivity index (χ2v) is 4.56. The molecule has 0 saturated heterocycles. The highest BCUT2D eigenvalue weighted by Gasteiger charge is 2.32. The Morgan fingerprint density at radius 1 is 0.818 bits per heavy atom. The van der Waals surface area contributed by atoms with Gasteiger partial charge in [0.05, 0.1) is 5.56 Å². The highest BCUT2D eigenvalue weighted by atomic mass is 19.4. The molecule has 2 rings (SSSR count). The van der Waals surface area contributed by atoms with Crippen molar-refractivity contribution in [3.8, 4) is 0 Å². The lowest BCUT2D eigenvalue weighted by molar-refractivity contribution is -0.137. The number of allylic oxidation sites excluding steroid dienone is 2. The smallest absolute Gasteiger partial charge is 0.290 e. The van der Waals surface area contributed by atoms with E-state index in [0.29, 0.717) is 0 Å². The number of rotatable bonds is 4. The van der Waals surface area contributed by atoms with Crippen LogP contribution in [0.25, 0.3) is 12.2 Å². The molecular formula is C18H13F3O. The maximum Gasteiger partial charge on any atom is 0.416 e. The van der Waals surface area contributed by atoms with Crippen molar-refractivity contribution in [1.82, 2.24) is 0 Å². The zero-order valence-corrected chi connectivity index (χ0v) is 11.5. The van der Waals surface area contributed by atoms with Gasteiger partial charge in [0.15, 0.2) is 5.78 Å². The molecule has 0 spiro atoms. The van der Waals surface area contributed by atoms with E-state index >= 15 is 0 Å². The average Bonchev–Trinajstić information content (AvgIpc) is 2.51. The van der Waals surface area contributed by atoms with Crippen molar-refractivity contribution in [2.75, 3.05) is 0 Å². The SMILES string of the molecule is O=C(/C=C/c1ccccc1)/C=C/c1ccccc1C(F)(F)F. The molecule has 0 aliphatic heterocycles. The Kier molecular flexibility index (Phi) is 4.94. The zero-order valence-electron chi connectivity index (χ0n) is 11.5. The normalized spacial score (nSPS) is 12.1. The minimum absolute atomic E-state index is 0.0311. The van der Waals surface area contributed by atoms with Crippen LogP contribution in [0, 0.1) is 0 Å². The van der Waals surface area contributed by atoms with Gasteiger partial charge in [-0.15, -0.1) is 0 Å². The monoisotopic (exact) mass is 302 g/mol. The second-order valence-electron chi connectivity index (χ2n) is 4.56. The Labute approximate surface area is 126 Å². The van der Waals surface area contributed by atoms with E-state index in [1.165, 1.54) is 30.4 Å². The number of carbonyl (C=O) groups excluding carboxylic acids is 1. The molecular weight excluding hydrogens is 289 g/mol. The van der Waals surface area contributed by atoms with E-state index in [2.05, 4.69) is 0 Å². The molecule has 4 heteroatoms. The van der Waals surface area contributed by atoms with E-state index in [1.807, 2.05) is 30.3 Å². The van der Waals surface area contributed by atoms with Gasteiger partial charge in [-0.05, 0) is 29.3 Å². The van der Waals surface area contributed by atoms with Crippen molar-refractivity contribution in [2.24, 2.45) is 0 Å². The second kappa shape index (κ2) is 6.89. The molecule has 0 amide bonds. The minimum Gasteiger partial charge on any atom is -0.290 e. The minimum atomic E-state index is -4.44. The van der Waals surface area contributed by atoms with Crippen LogP contribution in [0.1, 0.15) is 16.7 Å². The fourth-order valence-electron chi connectivity index (χ4n) is 1.87. The van der Waals surface area contributed by atoms with Crippen LogP contribution in [-0.2, 0) is 11.0 Å². The van der Waals surface area contributed by atoms with Crippen LogP contribution in [0.2, 0.25) is 0 Å². The molecule has 1 nitrogen and oxygen atoms in total. The van der Waals surface area contributed by atoms with Crippen LogP contribution < -0.4 is 0 Å². The molecule has 0 N–H and O–H groups in total. The van der Waals surface area contributed by atoms with Gasteiger partial charge in [0.25, 0.3) is 0 Å². The Morgan fingerprint density at radius 2 is 1.41 bits per heavy atom. The molecule has 0 aliphatic rings. The molecule has 0 aliphatic carbocycles. The van der Waals surface area contributed by atoms with Gasteiger partial charge in [-0.25, -0.2) is 0 Å². The number of carbonyl (C=O) groups is 1. The Hall–Kier alpha value is -2.62. The number of halogens is 3. The first-order chi connectivity index (χ1) is 10.5. The summed E-state index contributed by atoms with van der Waals surface area (Å²) in [6.45, 7) is 0. The van der Waals surface area contributed by atoms with Crippen molar-refractivity contribution in [2.45, 2.75) is 6.18 Å². The predicted molar refractivity (Wildman–Crippen MR) is 81.0 cm³/mol. The summed E-state index contributed by atoms with van der Waals surface area (Å²) in [5.41, 5.74) is 0.0579. The zero-order chi connectivity index (χ0) is 16.0. The van der Waals surface area contributed by atoms with Gasteiger partial charge in [-0.2, -0.15) is 13.2 Å². The summed E-state index contributed by atoms with van der Waals surface area (Å²) in [5.74, 6) is -0.374. The number of hydrogen-bond donors (Lipinski definition) is 0. The third-order valence-corrected chi connectivity index (χ3v) is 2.93. The van der Waals surface area contributed by atoms with Crippen LogP contribution in [0.5, 0.6) is 0 Å². The van der Waals surface area contributed by atoms with Gasteiger partial charge in [-0.3, -0.25) is 4.79 Å². The molecule has 0 bridgehead atoms. The molecule has 0 atom stereocenters. The van der Waals surface area contributed by atoms with E-state index in [-0.39, 0.29) is 11.3 Å². The molecule has 0 heterocycles. The van der Waals surface area contributed by atoms with E-state index in [0.717, 1.165) is 17.7 Å². The third-order valence-electron chi connectivity index (χ3n) is 2.93. The lowest BCUT2D eigenvalue weighted by Crippen LogP contribution is -2.06. The molecule has 2 aromatic rings. The highest BCUT2D eigenvalue weighted by molar-refractivity contribution is 6.04. The molecule has 0 radical (unpaired) electrons. The summed E-state index contributed by atoms with van der Waals surface area (Å²) in [7, 11) is 0. The van der Waals surface area contributed by atoms with E-state index in [9.17, 15) is 18.0 Å². The first kappa shape index (κ1) is 15.8. The van der Waals surface area contributed by atoms with Crippen LogP contribution in [0.4, 0.5) is 13.2 Å². The Bertz CT molecular complexity index is 698. The molecule has 0 fully saturated rings. The van der Waals surface area contributed by atoms with Gasteiger partial charge in [0.2, 0.25) is 0 Å². The number of alkyl halides is 3. The van der Waals surface area contributed by atoms with Gasteiger partial charge in [-0.1, -0.05) is 60.7 Å². The maximum absolute atomic E-state index is 12.8. The van der Waals surface area contributed by atoms with Crippen LogP contribution in [0.3, 0.4) is 0 Å². The molecule has 112 valence electrons. The van der Waals surface area contributed by atoms with Crippen molar-refractivity contribution in [3.63, 3.8) is 0 Å². The summed E-state index contributed by atoms with van der Waals surface area (Å²) >= 11 is 0. The number of ketones is 1. The van der Waals surface area contributed by atoms with Crippen LogP contribution >= 0.6 is 0 Å². The lowest BCUT2D eigenvalue weighted by Gasteiger charge is -2.09. The topological polar surface area (TPSA) is 17.1 Å². The quantitative estimate of drug-likeness (QED) is 0.726. The Balaban J connectivity index is 2.12. The van der Waals surface area contributed by atoms with E-state index in [1.54, 1.807) is 6.08 Å². The van der Waals surface area contributed by atoms with Crippen LogP contribution in [-0.4, -0.2) is 5.78 Å². The van der Waals surface area contributed by atoms with Crippen molar-refractivity contribution >= 4 is 17.9 Å². The first-order valence-electron chi connectivity index (χ1n) is 6.58. The summed E-state index contributed by atoms with van der Waals surface area (Å²) in [6, 6.07) is 14.3. The van der Waals surface area contributed by atoms with Crippen LogP contribution in [0.15, 0.2) is 66.7 Å². The van der Waals surface area contributed by atoms with Crippen molar-refractivity contribution < 1.29 is 18.0 Å². The van der Waals surface area contributed by atoms with Crippen molar-refractivity contribution in [3.05, 3.63) is 83.4 Å². The lowest BCUT2D eigenvalue weighted by atomic mass is 10.1. The summed E-state index contributed by atoms with van der Waals surface area (Å²) < 4.78 is 38.4. The van der Waals surface area contributed by atoms with Crippen molar-refractivity contribution in [1.29, 1.82) is 0 Å². The van der Waals surface area contributed by atoms with Gasteiger partial charge < -0.3 is 0 Å². The Morgan fingerprint density at radius 3 is 2.09 bits per heavy atom. The van der Waals surface area contributed by atoms with E-state index < -0.39 is 11.7 Å².